The molecule has 2 aromatic carbocycles. The SMILES string of the molecule is Cn1cc(C(=O)NC[C@H]2OC[C@@H](CNC(=O)c3ccccc3)[C@@H]2O)c2ccccc21. The largest absolute Gasteiger partial charge is 0.390 e. The average molecular weight is 407 g/mol. The average Bonchev–Trinajstić information content (AvgIpc) is 3.31. The van der Waals surface area contributed by atoms with E-state index in [4.69, 9.17) is 4.74 Å². The summed E-state index contributed by atoms with van der Waals surface area (Å²) < 4.78 is 7.59. The van der Waals surface area contributed by atoms with E-state index in [9.17, 15) is 14.7 Å². The number of carbonyl (C=O) groups excluding carboxylic acids is 2. The Morgan fingerprint density at radius 1 is 1.03 bits per heavy atom. The lowest BCUT2D eigenvalue weighted by molar-refractivity contribution is 0.0384. The number of para-hydroxylation sites is 1. The van der Waals surface area contributed by atoms with Crippen LogP contribution in [0, 0.1) is 5.92 Å². The quantitative estimate of drug-likeness (QED) is 0.580. The van der Waals surface area contributed by atoms with E-state index >= 15 is 0 Å². The molecule has 0 unspecified atom stereocenters. The number of nitrogens with zero attached hydrogens (tertiary/aromatic N) is 1. The zero-order valence-corrected chi connectivity index (χ0v) is 16.7. The van der Waals surface area contributed by atoms with Crippen LogP contribution in [0.25, 0.3) is 10.9 Å². The number of fused-ring (bicyclic) bond motifs is 1. The summed E-state index contributed by atoms with van der Waals surface area (Å²) in [6.45, 7) is 0.833. The van der Waals surface area contributed by atoms with Crippen LogP contribution in [0.1, 0.15) is 20.7 Å². The number of rotatable bonds is 6. The van der Waals surface area contributed by atoms with Gasteiger partial charge in [-0.2, -0.15) is 0 Å². The number of nitrogens with one attached hydrogen (secondary N) is 2. The van der Waals surface area contributed by atoms with Crippen molar-refractivity contribution in [2.45, 2.75) is 12.2 Å². The molecule has 156 valence electrons. The van der Waals surface area contributed by atoms with Gasteiger partial charge in [0.25, 0.3) is 11.8 Å². The van der Waals surface area contributed by atoms with Gasteiger partial charge in [-0.05, 0) is 18.2 Å². The van der Waals surface area contributed by atoms with Gasteiger partial charge in [-0.3, -0.25) is 9.59 Å². The Labute approximate surface area is 174 Å². The Kier molecular flexibility index (Phi) is 5.83. The number of aromatic nitrogens is 1. The maximum Gasteiger partial charge on any atom is 0.253 e. The summed E-state index contributed by atoms with van der Waals surface area (Å²) in [5.41, 5.74) is 2.14. The van der Waals surface area contributed by atoms with Gasteiger partial charge in [-0.1, -0.05) is 36.4 Å². The summed E-state index contributed by atoms with van der Waals surface area (Å²) >= 11 is 0. The summed E-state index contributed by atoms with van der Waals surface area (Å²) in [5, 5.41) is 17.1. The molecule has 1 fully saturated rings. The van der Waals surface area contributed by atoms with Crippen molar-refractivity contribution in [3.63, 3.8) is 0 Å². The van der Waals surface area contributed by atoms with Crippen LogP contribution >= 0.6 is 0 Å². The Bertz CT molecular complexity index is 1050. The fourth-order valence-corrected chi connectivity index (χ4v) is 3.83. The highest BCUT2D eigenvalue weighted by Gasteiger charge is 2.36. The van der Waals surface area contributed by atoms with Gasteiger partial charge in [0.2, 0.25) is 0 Å². The zero-order chi connectivity index (χ0) is 21.1. The second-order valence-corrected chi connectivity index (χ2v) is 7.58. The van der Waals surface area contributed by atoms with Crippen LogP contribution in [-0.2, 0) is 11.8 Å². The van der Waals surface area contributed by atoms with E-state index in [1.807, 2.05) is 41.9 Å². The lowest BCUT2D eigenvalue weighted by atomic mass is 10.0. The Balaban J connectivity index is 1.30. The topological polar surface area (TPSA) is 92.6 Å². The molecule has 0 radical (unpaired) electrons. The minimum Gasteiger partial charge on any atom is -0.390 e. The van der Waals surface area contributed by atoms with E-state index in [1.54, 1.807) is 30.5 Å². The van der Waals surface area contributed by atoms with Gasteiger partial charge < -0.3 is 25.0 Å². The van der Waals surface area contributed by atoms with Crippen LogP contribution in [-0.4, -0.2) is 53.4 Å². The molecule has 3 atom stereocenters. The number of aliphatic hydroxyl groups excluding tert-OH is 1. The Hall–Kier alpha value is -3.16. The van der Waals surface area contributed by atoms with Gasteiger partial charge in [0, 0.05) is 48.7 Å². The maximum atomic E-state index is 12.7. The van der Waals surface area contributed by atoms with Crippen LogP contribution in [0.2, 0.25) is 0 Å². The number of hydrogen-bond donors (Lipinski definition) is 3. The molecule has 1 aromatic heterocycles. The van der Waals surface area contributed by atoms with Crippen LogP contribution in [0.4, 0.5) is 0 Å². The molecule has 3 aromatic rings. The van der Waals surface area contributed by atoms with Gasteiger partial charge in [0.1, 0.15) is 6.10 Å². The monoisotopic (exact) mass is 407 g/mol. The van der Waals surface area contributed by atoms with Gasteiger partial charge in [0.15, 0.2) is 0 Å². The summed E-state index contributed by atoms with van der Waals surface area (Å²) in [7, 11) is 1.90. The fraction of sp³-hybridized carbons (Fsp3) is 0.304. The molecule has 0 aliphatic carbocycles. The van der Waals surface area contributed by atoms with E-state index in [2.05, 4.69) is 10.6 Å². The Morgan fingerprint density at radius 3 is 2.53 bits per heavy atom. The molecular weight excluding hydrogens is 382 g/mol. The molecule has 0 spiro atoms. The number of aryl methyl sites for hydroxylation is 1. The molecule has 0 saturated carbocycles. The molecule has 30 heavy (non-hydrogen) atoms. The molecule has 1 aliphatic heterocycles. The summed E-state index contributed by atoms with van der Waals surface area (Å²) in [6, 6.07) is 16.6. The van der Waals surface area contributed by atoms with Gasteiger partial charge in [-0.25, -0.2) is 0 Å². The summed E-state index contributed by atoms with van der Waals surface area (Å²) in [5.74, 6) is -0.615. The van der Waals surface area contributed by atoms with Crippen LogP contribution in [0.15, 0.2) is 60.8 Å². The predicted octanol–water partition coefficient (Wildman–Crippen LogP) is 1.71. The number of ether oxygens (including phenoxy) is 1. The summed E-state index contributed by atoms with van der Waals surface area (Å²) in [4.78, 5) is 24.8. The van der Waals surface area contributed by atoms with Crippen molar-refractivity contribution in [2.75, 3.05) is 19.7 Å². The van der Waals surface area contributed by atoms with Crippen LogP contribution < -0.4 is 10.6 Å². The van der Waals surface area contributed by atoms with Crippen molar-refractivity contribution in [1.82, 2.24) is 15.2 Å². The number of aliphatic hydroxyl groups is 1. The van der Waals surface area contributed by atoms with Crippen molar-refractivity contribution in [3.05, 3.63) is 71.9 Å². The van der Waals surface area contributed by atoms with Crippen molar-refractivity contribution >= 4 is 22.7 Å². The molecule has 3 N–H and O–H groups in total. The molecule has 2 heterocycles. The van der Waals surface area contributed by atoms with Crippen molar-refractivity contribution in [1.29, 1.82) is 0 Å². The molecule has 4 rings (SSSR count). The highest BCUT2D eigenvalue weighted by molar-refractivity contribution is 6.07. The highest BCUT2D eigenvalue weighted by Crippen LogP contribution is 2.22. The van der Waals surface area contributed by atoms with Gasteiger partial charge in [0.05, 0.1) is 18.3 Å². The first-order valence-electron chi connectivity index (χ1n) is 10.00. The second kappa shape index (κ2) is 8.69. The first kappa shape index (κ1) is 20.1. The van der Waals surface area contributed by atoms with Crippen LogP contribution in [0.5, 0.6) is 0 Å². The zero-order valence-electron chi connectivity index (χ0n) is 16.7. The molecule has 1 saturated heterocycles. The number of amides is 2. The fourth-order valence-electron chi connectivity index (χ4n) is 3.83. The summed E-state index contributed by atoms with van der Waals surface area (Å²) in [6.07, 6.45) is 0.518. The molecule has 2 amide bonds. The standard InChI is InChI=1S/C23H25N3O4/c1-26-13-18(17-9-5-6-10-19(17)26)23(29)25-12-20-21(27)16(14-30-20)11-24-22(28)15-7-3-2-4-8-15/h2-10,13,16,20-21,27H,11-12,14H2,1H3,(H,24,28)(H,25,29)/t16-,20-,21+/m1/s1. The predicted molar refractivity (Wildman–Crippen MR) is 113 cm³/mol. The number of carbonyl (C=O) groups is 2. The van der Waals surface area contributed by atoms with Gasteiger partial charge >= 0.3 is 0 Å². The van der Waals surface area contributed by atoms with E-state index in [-0.39, 0.29) is 24.3 Å². The van der Waals surface area contributed by atoms with Crippen molar-refractivity contribution in [2.24, 2.45) is 13.0 Å². The van der Waals surface area contributed by atoms with E-state index in [0.717, 1.165) is 10.9 Å². The van der Waals surface area contributed by atoms with E-state index < -0.39 is 12.2 Å². The molecule has 0 bridgehead atoms. The lowest BCUT2D eigenvalue weighted by Crippen LogP contribution is -2.41. The molecule has 7 nitrogen and oxygen atoms in total. The first-order chi connectivity index (χ1) is 14.5. The smallest absolute Gasteiger partial charge is 0.253 e. The second-order valence-electron chi connectivity index (χ2n) is 7.58. The molecular formula is C23H25N3O4. The van der Waals surface area contributed by atoms with E-state index in [1.165, 1.54) is 0 Å². The molecule has 1 aliphatic rings. The maximum absolute atomic E-state index is 12.7. The van der Waals surface area contributed by atoms with E-state index in [0.29, 0.717) is 24.3 Å². The first-order valence-corrected chi connectivity index (χ1v) is 10.00. The van der Waals surface area contributed by atoms with Crippen molar-refractivity contribution in [3.8, 4) is 0 Å². The van der Waals surface area contributed by atoms with Crippen LogP contribution in [0.3, 0.4) is 0 Å². The van der Waals surface area contributed by atoms with Crippen molar-refractivity contribution < 1.29 is 19.4 Å². The lowest BCUT2D eigenvalue weighted by Gasteiger charge is -2.18. The number of benzene rings is 2. The highest BCUT2D eigenvalue weighted by atomic mass is 16.5. The Morgan fingerprint density at radius 2 is 1.73 bits per heavy atom. The third kappa shape index (κ3) is 4.08. The minimum absolute atomic E-state index is 0.185. The number of hydrogen-bond acceptors (Lipinski definition) is 4. The third-order valence-electron chi connectivity index (χ3n) is 5.55. The van der Waals surface area contributed by atoms with Gasteiger partial charge in [-0.15, -0.1) is 0 Å². The third-order valence-corrected chi connectivity index (χ3v) is 5.55. The molecule has 7 heteroatoms. The minimum atomic E-state index is -0.770. The normalized spacial score (nSPS) is 20.9.